The van der Waals surface area contributed by atoms with Crippen molar-refractivity contribution in [2.24, 2.45) is 0 Å². The Balaban J connectivity index is 1.58. The zero-order valence-corrected chi connectivity index (χ0v) is 15.8. The van der Waals surface area contributed by atoms with Crippen LogP contribution in [0, 0.1) is 0 Å². The number of sulfonamides is 1. The van der Waals surface area contributed by atoms with Crippen LogP contribution in [0.3, 0.4) is 0 Å². The predicted molar refractivity (Wildman–Crippen MR) is 103 cm³/mol. The number of likely N-dealkylation sites (tertiary alicyclic amines) is 1. The maximum Gasteiger partial charge on any atom is 0.264 e. The number of nitrogens with zero attached hydrogens (tertiary/aromatic N) is 3. The Hall–Kier alpha value is -2.52. The highest BCUT2D eigenvalue weighted by molar-refractivity contribution is 7.92. The van der Waals surface area contributed by atoms with Gasteiger partial charge in [0.2, 0.25) is 11.9 Å². The van der Waals surface area contributed by atoms with Gasteiger partial charge in [-0.15, -0.1) is 0 Å². The SMILES string of the molecule is O=C(CN1CCCCCC1)Nc1ccc(S(=O)(=O)Nc2ncccn2)cc1. The molecular formula is C18H23N5O3S. The molecule has 1 aromatic heterocycles. The minimum absolute atomic E-state index is 0.00679. The molecule has 0 unspecified atom stereocenters. The van der Waals surface area contributed by atoms with Crippen LogP contribution in [0.1, 0.15) is 25.7 Å². The van der Waals surface area contributed by atoms with Crippen LogP contribution in [-0.2, 0) is 14.8 Å². The second-order valence-electron chi connectivity index (χ2n) is 6.44. The molecule has 1 fully saturated rings. The van der Waals surface area contributed by atoms with E-state index in [0.717, 1.165) is 25.9 Å². The minimum Gasteiger partial charge on any atom is -0.325 e. The minimum atomic E-state index is -3.78. The molecule has 3 rings (SSSR count). The molecule has 8 nitrogen and oxygen atoms in total. The first-order valence-electron chi connectivity index (χ1n) is 8.95. The van der Waals surface area contributed by atoms with E-state index >= 15 is 0 Å². The third-order valence-electron chi connectivity index (χ3n) is 4.31. The lowest BCUT2D eigenvalue weighted by Crippen LogP contribution is -2.33. The highest BCUT2D eigenvalue weighted by Gasteiger charge is 2.16. The Kier molecular flexibility index (Phi) is 6.36. The number of carbonyl (C=O) groups is 1. The average Bonchev–Trinajstić information content (AvgIpc) is 2.91. The highest BCUT2D eigenvalue weighted by atomic mass is 32.2. The molecule has 1 aliphatic heterocycles. The number of anilines is 2. The van der Waals surface area contributed by atoms with Crippen molar-refractivity contribution in [1.82, 2.24) is 14.9 Å². The van der Waals surface area contributed by atoms with Gasteiger partial charge in [-0.1, -0.05) is 12.8 Å². The highest BCUT2D eigenvalue weighted by Crippen LogP contribution is 2.16. The third kappa shape index (κ3) is 5.73. The number of rotatable bonds is 6. The topological polar surface area (TPSA) is 104 Å². The number of carbonyl (C=O) groups excluding carboxylic acids is 1. The number of hydrogen-bond donors (Lipinski definition) is 2. The molecule has 2 heterocycles. The second kappa shape index (κ2) is 8.92. The molecule has 0 spiro atoms. The first kappa shape index (κ1) is 19.2. The summed E-state index contributed by atoms with van der Waals surface area (Å²) in [6, 6.07) is 7.61. The molecule has 2 N–H and O–H groups in total. The summed E-state index contributed by atoms with van der Waals surface area (Å²) < 4.78 is 27.0. The standard InChI is InChI=1S/C18H23N5O3S/c24-17(14-23-12-3-1-2-4-13-23)21-15-6-8-16(9-7-15)27(25,26)22-18-19-10-5-11-20-18/h5-11H,1-4,12-14H2,(H,21,24)(H,19,20,22). The molecule has 1 amide bonds. The molecule has 0 radical (unpaired) electrons. The summed E-state index contributed by atoms with van der Waals surface area (Å²) in [5, 5.41) is 2.82. The maximum atomic E-state index is 12.3. The summed E-state index contributed by atoms with van der Waals surface area (Å²) in [7, 11) is -3.78. The van der Waals surface area contributed by atoms with E-state index in [1.807, 2.05) is 0 Å². The monoisotopic (exact) mass is 389 g/mol. The first-order valence-corrected chi connectivity index (χ1v) is 10.4. The van der Waals surface area contributed by atoms with Gasteiger partial charge in [0.05, 0.1) is 11.4 Å². The number of nitrogens with one attached hydrogen (secondary N) is 2. The van der Waals surface area contributed by atoms with Gasteiger partial charge in [-0.2, -0.15) is 0 Å². The van der Waals surface area contributed by atoms with Gasteiger partial charge in [-0.25, -0.2) is 23.1 Å². The van der Waals surface area contributed by atoms with Gasteiger partial charge in [0.25, 0.3) is 10.0 Å². The molecule has 1 aromatic carbocycles. The lowest BCUT2D eigenvalue weighted by Gasteiger charge is -2.19. The lowest BCUT2D eigenvalue weighted by molar-refractivity contribution is -0.117. The number of hydrogen-bond acceptors (Lipinski definition) is 6. The normalized spacial score (nSPS) is 15.7. The third-order valence-corrected chi connectivity index (χ3v) is 5.65. The van der Waals surface area contributed by atoms with Gasteiger partial charge in [0, 0.05) is 18.1 Å². The first-order chi connectivity index (χ1) is 13.0. The fraction of sp³-hybridized carbons (Fsp3) is 0.389. The Labute approximate surface area is 159 Å². The molecule has 0 saturated carbocycles. The van der Waals surface area contributed by atoms with E-state index in [9.17, 15) is 13.2 Å². The van der Waals surface area contributed by atoms with Crippen LogP contribution in [0.4, 0.5) is 11.6 Å². The zero-order valence-electron chi connectivity index (χ0n) is 15.0. The summed E-state index contributed by atoms with van der Waals surface area (Å²) in [6.07, 6.45) is 7.59. The van der Waals surface area contributed by atoms with Gasteiger partial charge in [0.1, 0.15) is 0 Å². The molecule has 9 heteroatoms. The van der Waals surface area contributed by atoms with Crippen LogP contribution in [-0.4, -0.2) is 48.8 Å². The largest absolute Gasteiger partial charge is 0.325 e. The second-order valence-corrected chi connectivity index (χ2v) is 8.12. The number of amides is 1. The Morgan fingerprint density at radius 1 is 1.00 bits per heavy atom. The van der Waals surface area contributed by atoms with Crippen molar-refractivity contribution < 1.29 is 13.2 Å². The smallest absolute Gasteiger partial charge is 0.264 e. The van der Waals surface area contributed by atoms with Crippen molar-refractivity contribution in [3.63, 3.8) is 0 Å². The van der Waals surface area contributed by atoms with Gasteiger partial charge in [0.15, 0.2) is 0 Å². The van der Waals surface area contributed by atoms with E-state index in [2.05, 4.69) is 24.9 Å². The summed E-state index contributed by atoms with van der Waals surface area (Å²) >= 11 is 0. The molecule has 27 heavy (non-hydrogen) atoms. The zero-order chi connectivity index (χ0) is 19.1. The van der Waals surface area contributed by atoms with Crippen molar-refractivity contribution >= 4 is 27.6 Å². The summed E-state index contributed by atoms with van der Waals surface area (Å²) in [5.74, 6) is -0.0874. The Morgan fingerprint density at radius 2 is 1.63 bits per heavy atom. The van der Waals surface area contributed by atoms with E-state index in [1.165, 1.54) is 37.4 Å². The molecular weight excluding hydrogens is 366 g/mol. The molecule has 2 aromatic rings. The van der Waals surface area contributed by atoms with Crippen LogP contribution in [0.2, 0.25) is 0 Å². The molecule has 0 bridgehead atoms. The Bertz CT molecular complexity index is 848. The molecule has 144 valence electrons. The predicted octanol–water partition coefficient (Wildman–Crippen LogP) is 2.09. The number of benzene rings is 1. The molecule has 0 atom stereocenters. The van der Waals surface area contributed by atoms with Crippen LogP contribution in [0.15, 0.2) is 47.6 Å². The average molecular weight is 389 g/mol. The van der Waals surface area contributed by atoms with E-state index < -0.39 is 10.0 Å². The van der Waals surface area contributed by atoms with Crippen LogP contribution in [0.5, 0.6) is 0 Å². The van der Waals surface area contributed by atoms with Crippen molar-refractivity contribution in [3.05, 3.63) is 42.7 Å². The fourth-order valence-corrected chi connectivity index (χ4v) is 3.90. The van der Waals surface area contributed by atoms with Gasteiger partial charge in [-0.05, 0) is 56.3 Å². The Morgan fingerprint density at radius 3 is 2.26 bits per heavy atom. The van der Waals surface area contributed by atoms with Crippen molar-refractivity contribution in [2.75, 3.05) is 29.7 Å². The van der Waals surface area contributed by atoms with E-state index in [4.69, 9.17) is 0 Å². The quantitative estimate of drug-likeness (QED) is 0.784. The van der Waals surface area contributed by atoms with Gasteiger partial charge in [-0.3, -0.25) is 9.69 Å². The molecule has 1 aliphatic rings. The molecule has 1 saturated heterocycles. The molecule has 0 aliphatic carbocycles. The van der Waals surface area contributed by atoms with Crippen LogP contribution >= 0.6 is 0 Å². The summed E-state index contributed by atoms with van der Waals surface area (Å²) in [5.41, 5.74) is 0.560. The number of aromatic nitrogens is 2. The van der Waals surface area contributed by atoms with Gasteiger partial charge >= 0.3 is 0 Å². The van der Waals surface area contributed by atoms with E-state index in [1.54, 1.807) is 18.2 Å². The fourth-order valence-electron chi connectivity index (χ4n) is 2.95. The van der Waals surface area contributed by atoms with Crippen LogP contribution < -0.4 is 10.0 Å². The van der Waals surface area contributed by atoms with Crippen molar-refractivity contribution in [2.45, 2.75) is 30.6 Å². The summed E-state index contributed by atoms with van der Waals surface area (Å²) in [4.78, 5) is 22.1. The van der Waals surface area contributed by atoms with E-state index in [0.29, 0.717) is 12.2 Å². The van der Waals surface area contributed by atoms with Crippen molar-refractivity contribution in [3.8, 4) is 0 Å². The van der Waals surface area contributed by atoms with Crippen molar-refractivity contribution in [1.29, 1.82) is 0 Å². The van der Waals surface area contributed by atoms with Crippen LogP contribution in [0.25, 0.3) is 0 Å². The maximum absolute atomic E-state index is 12.3. The van der Waals surface area contributed by atoms with E-state index in [-0.39, 0.29) is 16.8 Å². The van der Waals surface area contributed by atoms with Gasteiger partial charge < -0.3 is 5.32 Å². The summed E-state index contributed by atoms with van der Waals surface area (Å²) in [6.45, 7) is 2.24. The lowest BCUT2D eigenvalue weighted by atomic mass is 10.2.